The van der Waals surface area contributed by atoms with E-state index in [1.165, 1.54) is 11.1 Å². The van der Waals surface area contributed by atoms with Gasteiger partial charge >= 0.3 is 5.97 Å². The van der Waals surface area contributed by atoms with E-state index in [4.69, 9.17) is 4.98 Å². The normalized spacial score (nSPS) is 21.8. The number of hydrogen-bond acceptors (Lipinski definition) is 4. The molecule has 1 saturated heterocycles. The molecule has 126 valence electrons. The molecule has 24 heavy (non-hydrogen) atoms. The maximum absolute atomic E-state index is 11.3. The summed E-state index contributed by atoms with van der Waals surface area (Å²) < 4.78 is 1.53. The lowest BCUT2D eigenvalue weighted by atomic mass is 10.1. The van der Waals surface area contributed by atoms with Crippen LogP contribution in [-0.4, -0.2) is 38.9 Å². The summed E-state index contributed by atoms with van der Waals surface area (Å²) in [6.07, 6.45) is 2.00. The van der Waals surface area contributed by atoms with Gasteiger partial charge in [-0.3, -0.25) is 4.68 Å². The summed E-state index contributed by atoms with van der Waals surface area (Å²) in [5, 5.41) is 13.6. The van der Waals surface area contributed by atoms with Gasteiger partial charge in [0, 0.05) is 31.7 Å². The number of nitrogens with zero attached hydrogens (tertiary/aromatic N) is 4. The topological polar surface area (TPSA) is 71.2 Å². The molecule has 1 N–H and O–H groups in total. The van der Waals surface area contributed by atoms with Crippen molar-refractivity contribution in [3.8, 4) is 0 Å². The molecular weight excluding hydrogens is 304 g/mol. The van der Waals surface area contributed by atoms with E-state index in [0.717, 1.165) is 47.7 Å². The predicted molar refractivity (Wildman–Crippen MR) is 90.5 cm³/mol. The lowest BCUT2D eigenvalue weighted by Crippen LogP contribution is -2.23. The molecule has 2 aromatic heterocycles. The number of aryl methyl sites for hydroxylation is 2. The largest absolute Gasteiger partial charge is 0.477 e. The summed E-state index contributed by atoms with van der Waals surface area (Å²) in [5.41, 5.74) is 3.11. The number of hydrogen-bond donors (Lipinski definition) is 1. The smallest absolute Gasteiger partial charge is 0.354 e. The summed E-state index contributed by atoms with van der Waals surface area (Å²) in [7, 11) is 0. The van der Waals surface area contributed by atoms with Crippen LogP contribution in [0.15, 0.2) is 18.2 Å². The number of fused-ring (bicyclic) bond motifs is 1. The van der Waals surface area contributed by atoms with Gasteiger partial charge in [-0.15, -0.1) is 0 Å². The molecule has 0 aromatic carbocycles. The molecule has 0 spiro atoms. The van der Waals surface area contributed by atoms with Crippen molar-refractivity contribution >= 4 is 11.8 Å². The van der Waals surface area contributed by atoms with Gasteiger partial charge in [-0.25, -0.2) is 9.78 Å². The fourth-order valence-electron chi connectivity index (χ4n) is 3.69. The van der Waals surface area contributed by atoms with Gasteiger partial charge in [0.05, 0.1) is 5.69 Å². The first-order chi connectivity index (χ1) is 11.5. The number of aromatic carboxylic acids is 1. The van der Waals surface area contributed by atoms with E-state index in [9.17, 15) is 9.90 Å². The molecule has 0 bridgehead atoms. The van der Waals surface area contributed by atoms with Gasteiger partial charge in [0.15, 0.2) is 0 Å². The Bertz CT molecular complexity index is 788. The Morgan fingerprint density at radius 2 is 2.08 bits per heavy atom. The SMILES string of the molecule is CCn1nc(Cc2ccc(N3CC4CC4C3)nc2C)cc1C(=O)O. The molecule has 2 aromatic rings. The zero-order chi connectivity index (χ0) is 16.8. The van der Waals surface area contributed by atoms with Crippen LogP contribution in [0.25, 0.3) is 0 Å². The quantitative estimate of drug-likeness (QED) is 0.913. The molecule has 0 amide bonds. The van der Waals surface area contributed by atoms with E-state index in [1.54, 1.807) is 6.07 Å². The summed E-state index contributed by atoms with van der Waals surface area (Å²) in [4.78, 5) is 18.4. The van der Waals surface area contributed by atoms with Crippen molar-refractivity contribution in [2.24, 2.45) is 11.8 Å². The summed E-state index contributed by atoms with van der Waals surface area (Å²) in [6.45, 7) is 6.74. The molecular formula is C18H22N4O2. The lowest BCUT2D eigenvalue weighted by Gasteiger charge is -2.20. The van der Waals surface area contributed by atoms with Crippen molar-refractivity contribution in [3.05, 3.63) is 40.8 Å². The van der Waals surface area contributed by atoms with Crippen LogP contribution in [-0.2, 0) is 13.0 Å². The van der Waals surface area contributed by atoms with Crippen molar-refractivity contribution in [2.75, 3.05) is 18.0 Å². The number of aromatic nitrogens is 3. The summed E-state index contributed by atoms with van der Waals surface area (Å²) >= 11 is 0. The summed E-state index contributed by atoms with van der Waals surface area (Å²) in [5.74, 6) is 1.90. The van der Waals surface area contributed by atoms with Gasteiger partial charge in [0.25, 0.3) is 0 Å². The number of pyridine rings is 1. The highest BCUT2D eigenvalue weighted by Gasteiger charge is 2.45. The van der Waals surface area contributed by atoms with Gasteiger partial charge in [-0.05, 0) is 49.8 Å². The van der Waals surface area contributed by atoms with Gasteiger partial charge in [0.2, 0.25) is 0 Å². The monoisotopic (exact) mass is 326 g/mol. The van der Waals surface area contributed by atoms with Crippen LogP contribution in [0.3, 0.4) is 0 Å². The van der Waals surface area contributed by atoms with Gasteiger partial charge in [-0.1, -0.05) is 6.07 Å². The van der Waals surface area contributed by atoms with E-state index in [1.807, 2.05) is 13.8 Å². The van der Waals surface area contributed by atoms with E-state index in [0.29, 0.717) is 13.0 Å². The number of carboxylic acid groups (broad SMARTS) is 1. The van der Waals surface area contributed by atoms with Gasteiger partial charge in [-0.2, -0.15) is 5.10 Å². The molecule has 0 radical (unpaired) electrons. The second kappa shape index (κ2) is 5.61. The minimum Gasteiger partial charge on any atom is -0.477 e. The van der Waals surface area contributed by atoms with Crippen LogP contribution < -0.4 is 4.90 Å². The Balaban J connectivity index is 1.53. The zero-order valence-corrected chi connectivity index (χ0v) is 14.1. The first kappa shape index (κ1) is 15.2. The van der Waals surface area contributed by atoms with Crippen molar-refractivity contribution < 1.29 is 9.90 Å². The molecule has 2 unspecified atom stereocenters. The molecule has 1 aliphatic heterocycles. The van der Waals surface area contributed by atoms with Crippen LogP contribution in [0, 0.1) is 18.8 Å². The van der Waals surface area contributed by atoms with Gasteiger partial charge < -0.3 is 10.0 Å². The second-order valence-electron chi connectivity index (χ2n) is 6.89. The number of anilines is 1. The third-order valence-electron chi connectivity index (χ3n) is 5.20. The van der Waals surface area contributed by atoms with Crippen molar-refractivity contribution in [1.29, 1.82) is 0 Å². The maximum Gasteiger partial charge on any atom is 0.354 e. The third-order valence-corrected chi connectivity index (χ3v) is 5.20. The highest BCUT2D eigenvalue weighted by atomic mass is 16.4. The van der Waals surface area contributed by atoms with Crippen LogP contribution in [0.1, 0.15) is 40.8 Å². The molecule has 6 nitrogen and oxygen atoms in total. The van der Waals surface area contributed by atoms with Crippen molar-refractivity contribution in [3.63, 3.8) is 0 Å². The van der Waals surface area contributed by atoms with Crippen molar-refractivity contribution in [2.45, 2.75) is 33.2 Å². The standard InChI is InChI=1S/C18H22N4O2/c1-3-22-16(18(23)24)8-15(20-22)7-12-4-5-17(19-11(12)2)21-9-13-6-14(13)10-21/h4-5,8,13-14H,3,6-7,9-10H2,1-2H3,(H,23,24). The molecule has 6 heteroatoms. The van der Waals surface area contributed by atoms with Crippen LogP contribution in [0.2, 0.25) is 0 Å². The van der Waals surface area contributed by atoms with E-state index >= 15 is 0 Å². The van der Waals surface area contributed by atoms with Crippen LogP contribution in [0.5, 0.6) is 0 Å². The van der Waals surface area contributed by atoms with Gasteiger partial charge in [0.1, 0.15) is 11.5 Å². The van der Waals surface area contributed by atoms with E-state index in [-0.39, 0.29) is 5.69 Å². The second-order valence-corrected chi connectivity index (χ2v) is 6.89. The maximum atomic E-state index is 11.3. The fraction of sp³-hybridized carbons (Fsp3) is 0.500. The predicted octanol–water partition coefficient (Wildman–Crippen LogP) is 2.35. The first-order valence-electron chi connectivity index (χ1n) is 8.56. The van der Waals surface area contributed by atoms with Crippen LogP contribution in [0.4, 0.5) is 5.82 Å². The van der Waals surface area contributed by atoms with E-state index < -0.39 is 5.97 Å². The van der Waals surface area contributed by atoms with Crippen LogP contribution >= 0.6 is 0 Å². The Morgan fingerprint density at radius 3 is 2.67 bits per heavy atom. The average Bonchev–Trinajstić information content (AvgIpc) is 2.98. The Morgan fingerprint density at radius 1 is 1.33 bits per heavy atom. The number of piperidine rings is 1. The zero-order valence-electron chi connectivity index (χ0n) is 14.1. The minimum absolute atomic E-state index is 0.242. The molecule has 3 heterocycles. The first-order valence-corrected chi connectivity index (χ1v) is 8.56. The molecule has 2 atom stereocenters. The molecule has 4 rings (SSSR count). The molecule has 1 saturated carbocycles. The Hall–Kier alpha value is -2.37. The fourth-order valence-corrected chi connectivity index (χ4v) is 3.69. The summed E-state index contributed by atoms with van der Waals surface area (Å²) in [6, 6.07) is 5.85. The highest BCUT2D eigenvalue weighted by molar-refractivity contribution is 5.85. The number of carboxylic acids is 1. The highest BCUT2D eigenvalue weighted by Crippen LogP contribution is 2.45. The minimum atomic E-state index is -0.937. The molecule has 2 aliphatic rings. The molecule has 2 fully saturated rings. The Labute approximate surface area is 141 Å². The molecule has 1 aliphatic carbocycles. The lowest BCUT2D eigenvalue weighted by molar-refractivity contribution is 0.0683. The Kier molecular flexibility index (Phi) is 3.55. The third kappa shape index (κ3) is 2.66. The average molecular weight is 326 g/mol. The van der Waals surface area contributed by atoms with E-state index in [2.05, 4.69) is 22.1 Å². The number of rotatable bonds is 5. The number of carbonyl (C=O) groups is 1. The van der Waals surface area contributed by atoms with Crippen molar-refractivity contribution in [1.82, 2.24) is 14.8 Å².